The maximum absolute atomic E-state index is 11.1. The van der Waals surface area contributed by atoms with Crippen LogP contribution in [0.5, 0.6) is 0 Å². The highest BCUT2D eigenvalue weighted by Crippen LogP contribution is 2.18. The summed E-state index contributed by atoms with van der Waals surface area (Å²) < 4.78 is 0.886. The van der Waals surface area contributed by atoms with E-state index in [1.807, 2.05) is 32.0 Å². The van der Waals surface area contributed by atoms with Crippen molar-refractivity contribution in [3.8, 4) is 0 Å². The minimum atomic E-state index is -0.859. The smallest absolute Gasteiger partial charge is 0.325 e. The zero-order valence-electron chi connectivity index (χ0n) is 8.70. The molecule has 2 N–H and O–H groups in total. The summed E-state index contributed by atoms with van der Waals surface area (Å²) in [4.78, 5) is 11.1. The molecule has 1 aromatic rings. The Labute approximate surface area is 97.6 Å². The average molecular weight is 272 g/mol. The quantitative estimate of drug-likeness (QED) is 0.885. The van der Waals surface area contributed by atoms with Gasteiger partial charge in [0.05, 0.1) is 0 Å². The van der Waals surface area contributed by atoms with Crippen molar-refractivity contribution in [3.63, 3.8) is 0 Å². The van der Waals surface area contributed by atoms with E-state index in [9.17, 15) is 4.79 Å². The lowest BCUT2D eigenvalue weighted by Gasteiger charge is -2.17. The number of hydrogen-bond acceptors (Lipinski definition) is 2. The number of rotatable bonds is 4. The van der Waals surface area contributed by atoms with Gasteiger partial charge < -0.3 is 5.11 Å². The summed E-state index contributed by atoms with van der Waals surface area (Å²) >= 11 is 3.33. The third kappa shape index (κ3) is 3.64. The van der Waals surface area contributed by atoms with Crippen LogP contribution in [0, 0.1) is 0 Å². The minimum Gasteiger partial charge on any atom is -0.480 e. The van der Waals surface area contributed by atoms with Crippen LogP contribution in [0.3, 0.4) is 0 Å². The first-order chi connectivity index (χ1) is 7.00. The van der Waals surface area contributed by atoms with Gasteiger partial charge in [0.25, 0.3) is 0 Å². The lowest BCUT2D eigenvalue weighted by molar-refractivity contribution is -0.139. The Morgan fingerprint density at radius 2 is 2.13 bits per heavy atom. The van der Waals surface area contributed by atoms with Gasteiger partial charge in [-0.2, -0.15) is 0 Å². The fraction of sp³-hybridized carbons (Fsp3) is 0.364. The lowest BCUT2D eigenvalue weighted by Crippen LogP contribution is -2.33. The van der Waals surface area contributed by atoms with Crippen molar-refractivity contribution in [2.45, 2.75) is 25.9 Å². The first kappa shape index (κ1) is 12.2. The summed E-state index contributed by atoms with van der Waals surface area (Å²) in [6, 6.07) is 6.80. The molecule has 0 fully saturated rings. The molecule has 0 aliphatic rings. The van der Waals surface area contributed by atoms with Crippen LogP contribution in [0.25, 0.3) is 0 Å². The number of benzene rings is 1. The van der Waals surface area contributed by atoms with Gasteiger partial charge in [-0.25, -0.2) is 0 Å². The minimum absolute atomic E-state index is 0.130. The van der Waals surface area contributed by atoms with E-state index in [4.69, 9.17) is 5.11 Å². The normalized spacial score (nSPS) is 12.8. The molecule has 1 atom stereocenters. The molecule has 0 aliphatic heterocycles. The van der Waals surface area contributed by atoms with Crippen LogP contribution >= 0.6 is 15.9 Å². The zero-order valence-corrected chi connectivity index (χ0v) is 10.3. The molecule has 1 aromatic carbocycles. The van der Waals surface area contributed by atoms with Crippen molar-refractivity contribution in [3.05, 3.63) is 34.3 Å². The summed E-state index contributed by atoms with van der Waals surface area (Å²) in [5.41, 5.74) is 0.755. The molecule has 0 spiro atoms. The molecular formula is C11H14BrNO2. The van der Waals surface area contributed by atoms with Crippen LogP contribution < -0.4 is 5.32 Å². The number of carboxylic acids is 1. The first-order valence-corrected chi connectivity index (χ1v) is 5.54. The highest BCUT2D eigenvalue weighted by molar-refractivity contribution is 9.10. The van der Waals surface area contributed by atoms with Gasteiger partial charge >= 0.3 is 5.97 Å². The lowest BCUT2D eigenvalue weighted by atomic mass is 10.1. The van der Waals surface area contributed by atoms with Gasteiger partial charge in [0.15, 0.2) is 0 Å². The molecule has 15 heavy (non-hydrogen) atoms. The summed E-state index contributed by atoms with van der Waals surface area (Å²) in [6.45, 7) is 3.85. The van der Waals surface area contributed by atoms with Crippen molar-refractivity contribution in [1.82, 2.24) is 5.32 Å². The maximum atomic E-state index is 11.1. The molecule has 0 heterocycles. The van der Waals surface area contributed by atoms with E-state index in [1.54, 1.807) is 6.07 Å². The molecular weight excluding hydrogens is 258 g/mol. The summed E-state index contributed by atoms with van der Waals surface area (Å²) in [6.07, 6.45) is 0. The molecule has 82 valence electrons. The highest BCUT2D eigenvalue weighted by Gasteiger charge is 2.20. The molecule has 0 amide bonds. The van der Waals surface area contributed by atoms with E-state index in [0.717, 1.165) is 10.0 Å². The van der Waals surface area contributed by atoms with Crippen molar-refractivity contribution in [2.75, 3.05) is 0 Å². The summed E-state index contributed by atoms with van der Waals surface area (Å²) in [7, 11) is 0. The standard InChI is InChI=1S/C11H14BrNO2/c1-7(2)13-10(11(14)15)8-4-3-5-9(12)6-8/h3-7,10,13H,1-2H3,(H,14,15). The molecule has 0 radical (unpaired) electrons. The summed E-state index contributed by atoms with van der Waals surface area (Å²) in [5.74, 6) is -0.859. The number of nitrogens with one attached hydrogen (secondary N) is 1. The van der Waals surface area contributed by atoms with E-state index in [-0.39, 0.29) is 6.04 Å². The van der Waals surface area contributed by atoms with Crippen molar-refractivity contribution in [2.24, 2.45) is 0 Å². The van der Waals surface area contributed by atoms with Crippen LogP contribution in [0.2, 0.25) is 0 Å². The van der Waals surface area contributed by atoms with Crippen LogP contribution in [0.4, 0.5) is 0 Å². The zero-order chi connectivity index (χ0) is 11.4. The number of carbonyl (C=O) groups is 1. The predicted octanol–water partition coefficient (Wildman–Crippen LogP) is 2.57. The Balaban J connectivity index is 2.94. The highest BCUT2D eigenvalue weighted by atomic mass is 79.9. The molecule has 3 nitrogen and oxygen atoms in total. The van der Waals surface area contributed by atoms with Crippen LogP contribution in [0.1, 0.15) is 25.5 Å². The average Bonchev–Trinajstić information content (AvgIpc) is 2.13. The van der Waals surface area contributed by atoms with E-state index in [0.29, 0.717) is 0 Å². The number of halogens is 1. The van der Waals surface area contributed by atoms with Crippen LogP contribution in [0.15, 0.2) is 28.7 Å². The molecule has 0 aliphatic carbocycles. The number of hydrogen-bond donors (Lipinski definition) is 2. The van der Waals surface area contributed by atoms with Gasteiger partial charge in [-0.1, -0.05) is 28.1 Å². The monoisotopic (exact) mass is 271 g/mol. The molecule has 1 rings (SSSR count). The first-order valence-electron chi connectivity index (χ1n) is 4.75. The van der Waals surface area contributed by atoms with E-state index in [2.05, 4.69) is 21.2 Å². The molecule has 1 unspecified atom stereocenters. The summed E-state index contributed by atoms with van der Waals surface area (Å²) in [5, 5.41) is 12.1. The number of aliphatic carboxylic acids is 1. The van der Waals surface area contributed by atoms with E-state index >= 15 is 0 Å². The van der Waals surface area contributed by atoms with Crippen LogP contribution in [-0.4, -0.2) is 17.1 Å². The molecule has 0 saturated carbocycles. The number of carboxylic acid groups (broad SMARTS) is 1. The third-order valence-electron chi connectivity index (χ3n) is 1.93. The van der Waals surface area contributed by atoms with Gasteiger partial charge in [-0.05, 0) is 31.5 Å². The molecule has 0 bridgehead atoms. The molecule has 0 saturated heterocycles. The van der Waals surface area contributed by atoms with Crippen LogP contribution in [-0.2, 0) is 4.79 Å². The Morgan fingerprint density at radius 3 is 2.60 bits per heavy atom. The second kappa shape index (κ2) is 5.28. The Bertz CT molecular complexity index is 352. The third-order valence-corrected chi connectivity index (χ3v) is 2.42. The molecule has 0 aromatic heterocycles. The van der Waals surface area contributed by atoms with Crippen molar-refractivity contribution >= 4 is 21.9 Å². The maximum Gasteiger partial charge on any atom is 0.325 e. The van der Waals surface area contributed by atoms with Gasteiger partial charge in [0.2, 0.25) is 0 Å². The fourth-order valence-electron chi connectivity index (χ4n) is 1.33. The second-order valence-electron chi connectivity index (χ2n) is 3.65. The van der Waals surface area contributed by atoms with E-state index < -0.39 is 12.0 Å². The van der Waals surface area contributed by atoms with Gasteiger partial charge in [-0.3, -0.25) is 10.1 Å². The van der Waals surface area contributed by atoms with Crippen molar-refractivity contribution in [1.29, 1.82) is 0 Å². The van der Waals surface area contributed by atoms with Gasteiger partial charge in [-0.15, -0.1) is 0 Å². The van der Waals surface area contributed by atoms with Gasteiger partial charge in [0.1, 0.15) is 6.04 Å². The molecule has 4 heteroatoms. The van der Waals surface area contributed by atoms with Gasteiger partial charge in [0, 0.05) is 10.5 Å². The topological polar surface area (TPSA) is 49.3 Å². The Hall–Kier alpha value is -0.870. The second-order valence-corrected chi connectivity index (χ2v) is 4.56. The van der Waals surface area contributed by atoms with E-state index in [1.165, 1.54) is 0 Å². The van der Waals surface area contributed by atoms with Crippen molar-refractivity contribution < 1.29 is 9.90 Å². The SMILES string of the molecule is CC(C)NC(C(=O)O)c1cccc(Br)c1. The fourth-order valence-corrected chi connectivity index (χ4v) is 1.75. The Kier molecular flexibility index (Phi) is 4.29. The largest absolute Gasteiger partial charge is 0.480 e. The predicted molar refractivity (Wildman–Crippen MR) is 62.8 cm³/mol. The Morgan fingerprint density at radius 1 is 1.47 bits per heavy atom.